The summed E-state index contributed by atoms with van der Waals surface area (Å²) in [5.41, 5.74) is 4.93. The Morgan fingerprint density at radius 1 is 1.19 bits per heavy atom. The molecule has 0 aliphatic rings. The van der Waals surface area contributed by atoms with E-state index in [0.29, 0.717) is 20.0 Å². The number of hydrogen-bond donors (Lipinski definition) is 2. The zero-order chi connectivity index (χ0) is 15.4. The Morgan fingerprint density at radius 2 is 1.90 bits per heavy atom. The molecule has 0 heterocycles. The number of benzene rings is 2. The fraction of sp³-hybridized carbons (Fsp3) is 0.333. The van der Waals surface area contributed by atoms with Gasteiger partial charge in [0.1, 0.15) is 5.75 Å². The highest BCUT2D eigenvalue weighted by molar-refractivity contribution is 7.79. The molecule has 3 heteroatoms. The van der Waals surface area contributed by atoms with Crippen LogP contribution in [0.15, 0.2) is 36.4 Å². The standard InChI is InChI=1S/C18H23OPS/c1-4-16(15-10-12(2)9-13(3)18(15)19)20-17-8-6-5-7-14(17)11-21/h5-10,16,19-21H,4,11H2,1-3H3. The molecule has 0 radical (unpaired) electrons. The Morgan fingerprint density at radius 3 is 2.57 bits per heavy atom. The van der Waals surface area contributed by atoms with Gasteiger partial charge >= 0.3 is 0 Å². The van der Waals surface area contributed by atoms with E-state index in [1.165, 1.54) is 16.4 Å². The average molecular weight is 318 g/mol. The predicted octanol–water partition coefficient (Wildman–Crippen LogP) is 4.89. The molecule has 0 aromatic heterocycles. The quantitative estimate of drug-likeness (QED) is 0.594. The molecule has 2 rings (SSSR count). The molecule has 0 amide bonds. The minimum atomic E-state index is 0.365. The third kappa shape index (κ3) is 3.81. The molecule has 112 valence electrons. The first-order valence-corrected chi connectivity index (χ1v) is 9.03. The summed E-state index contributed by atoms with van der Waals surface area (Å²) in [6, 6.07) is 12.6. The first kappa shape index (κ1) is 16.4. The summed E-state index contributed by atoms with van der Waals surface area (Å²) in [4.78, 5) is 0. The van der Waals surface area contributed by atoms with Crippen molar-refractivity contribution in [3.63, 3.8) is 0 Å². The number of aromatic hydroxyl groups is 1. The van der Waals surface area contributed by atoms with E-state index in [1.54, 1.807) is 0 Å². The molecule has 0 aliphatic carbocycles. The molecule has 21 heavy (non-hydrogen) atoms. The van der Waals surface area contributed by atoms with Gasteiger partial charge in [-0.25, -0.2) is 0 Å². The highest BCUT2D eigenvalue weighted by Gasteiger charge is 2.17. The lowest BCUT2D eigenvalue weighted by Crippen LogP contribution is -2.06. The smallest absolute Gasteiger partial charge is 0.122 e. The Balaban J connectivity index is 2.37. The third-order valence-corrected chi connectivity index (χ3v) is 5.98. The van der Waals surface area contributed by atoms with E-state index in [0.717, 1.165) is 23.3 Å². The molecule has 2 unspecified atom stereocenters. The number of thiol groups is 1. The summed E-state index contributed by atoms with van der Waals surface area (Å²) in [6.07, 6.45) is 1.02. The van der Waals surface area contributed by atoms with Gasteiger partial charge in [-0.05, 0) is 36.7 Å². The van der Waals surface area contributed by atoms with Gasteiger partial charge < -0.3 is 5.11 Å². The van der Waals surface area contributed by atoms with Crippen molar-refractivity contribution < 1.29 is 5.11 Å². The molecule has 0 bridgehead atoms. The fourth-order valence-electron chi connectivity index (χ4n) is 2.64. The number of phenols is 1. The lowest BCUT2D eigenvalue weighted by atomic mass is 10.0. The maximum Gasteiger partial charge on any atom is 0.122 e. The summed E-state index contributed by atoms with van der Waals surface area (Å²) >= 11 is 4.43. The van der Waals surface area contributed by atoms with Crippen LogP contribution in [0.5, 0.6) is 5.75 Å². The second-order valence-electron chi connectivity index (χ2n) is 5.44. The van der Waals surface area contributed by atoms with Crippen molar-refractivity contribution >= 4 is 26.5 Å². The van der Waals surface area contributed by atoms with E-state index < -0.39 is 0 Å². The Kier molecular flexibility index (Phi) is 5.72. The summed E-state index contributed by atoms with van der Waals surface area (Å²) in [6.45, 7) is 6.26. The van der Waals surface area contributed by atoms with Gasteiger partial charge in [-0.1, -0.05) is 57.5 Å². The van der Waals surface area contributed by atoms with Crippen molar-refractivity contribution in [1.29, 1.82) is 0 Å². The maximum atomic E-state index is 10.4. The van der Waals surface area contributed by atoms with Crippen molar-refractivity contribution in [2.24, 2.45) is 0 Å². The molecule has 0 saturated heterocycles. The van der Waals surface area contributed by atoms with Gasteiger partial charge in [-0.3, -0.25) is 0 Å². The van der Waals surface area contributed by atoms with Crippen LogP contribution in [0.25, 0.3) is 0 Å². The van der Waals surface area contributed by atoms with Crippen LogP contribution >= 0.6 is 21.2 Å². The first-order chi connectivity index (χ1) is 10.1. The molecule has 0 spiro atoms. The van der Waals surface area contributed by atoms with Gasteiger partial charge in [-0.2, -0.15) is 12.6 Å². The van der Waals surface area contributed by atoms with E-state index in [9.17, 15) is 5.11 Å². The highest BCUT2D eigenvalue weighted by atomic mass is 32.1. The van der Waals surface area contributed by atoms with Crippen LogP contribution in [0, 0.1) is 13.8 Å². The van der Waals surface area contributed by atoms with E-state index in [4.69, 9.17) is 0 Å². The van der Waals surface area contributed by atoms with Crippen molar-refractivity contribution in [3.05, 3.63) is 58.7 Å². The SMILES string of the molecule is CCC(Pc1ccccc1CS)c1cc(C)cc(C)c1O. The van der Waals surface area contributed by atoms with Crippen molar-refractivity contribution in [2.45, 2.75) is 38.6 Å². The predicted molar refractivity (Wildman–Crippen MR) is 97.7 cm³/mol. The summed E-state index contributed by atoms with van der Waals surface area (Å²) in [7, 11) is 0.659. The zero-order valence-electron chi connectivity index (χ0n) is 12.9. The number of aryl methyl sites for hydroxylation is 2. The Labute approximate surface area is 135 Å². The van der Waals surface area contributed by atoms with E-state index in [2.05, 4.69) is 56.8 Å². The molecule has 2 aromatic carbocycles. The van der Waals surface area contributed by atoms with Crippen LogP contribution < -0.4 is 5.30 Å². The van der Waals surface area contributed by atoms with E-state index >= 15 is 0 Å². The van der Waals surface area contributed by atoms with E-state index in [-0.39, 0.29) is 0 Å². The van der Waals surface area contributed by atoms with Gasteiger partial charge in [0.05, 0.1) is 0 Å². The van der Waals surface area contributed by atoms with Gasteiger partial charge in [0.25, 0.3) is 0 Å². The second-order valence-corrected chi connectivity index (χ2v) is 7.28. The zero-order valence-corrected chi connectivity index (χ0v) is 14.7. The fourth-order valence-corrected chi connectivity index (χ4v) is 4.57. The molecule has 2 atom stereocenters. The number of rotatable bonds is 5. The van der Waals surface area contributed by atoms with Gasteiger partial charge in [0.15, 0.2) is 0 Å². The van der Waals surface area contributed by atoms with Crippen molar-refractivity contribution in [1.82, 2.24) is 0 Å². The third-order valence-electron chi connectivity index (χ3n) is 3.78. The minimum Gasteiger partial charge on any atom is -0.507 e. The van der Waals surface area contributed by atoms with Crippen LogP contribution in [-0.2, 0) is 5.75 Å². The molecule has 0 aliphatic heterocycles. The first-order valence-electron chi connectivity index (χ1n) is 7.32. The minimum absolute atomic E-state index is 0.365. The lowest BCUT2D eigenvalue weighted by Gasteiger charge is -2.20. The van der Waals surface area contributed by atoms with Crippen LogP contribution in [0.4, 0.5) is 0 Å². The molecule has 1 N–H and O–H groups in total. The van der Waals surface area contributed by atoms with Gasteiger partial charge in [0.2, 0.25) is 0 Å². The molecule has 1 nitrogen and oxygen atoms in total. The van der Waals surface area contributed by atoms with Crippen LogP contribution in [0.3, 0.4) is 0 Å². The molecule has 0 saturated carbocycles. The summed E-state index contributed by atoms with van der Waals surface area (Å²) in [5.74, 6) is 1.22. The van der Waals surface area contributed by atoms with Gasteiger partial charge in [0, 0.05) is 17.0 Å². The van der Waals surface area contributed by atoms with Crippen LogP contribution in [-0.4, -0.2) is 5.11 Å². The molecular formula is C18H23OPS. The Bertz CT molecular complexity index is 625. The summed E-state index contributed by atoms with van der Waals surface area (Å²) in [5, 5.41) is 11.8. The van der Waals surface area contributed by atoms with Gasteiger partial charge in [-0.15, -0.1) is 0 Å². The monoisotopic (exact) mass is 318 g/mol. The largest absolute Gasteiger partial charge is 0.507 e. The van der Waals surface area contributed by atoms with E-state index in [1.807, 2.05) is 13.0 Å². The average Bonchev–Trinajstić information content (AvgIpc) is 2.49. The van der Waals surface area contributed by atoms with Crippen LogP contribution in [0.1, 0.15) is 41.3 Å². The topological polar surface area (TPSA) is 20.2 Å². The number of phenolic OH excluding ortho intramolecular Hbond substituents is 1. The van der Waals surface area contributed by atoms with Crippen molar-refractivity contribution in [2.75, 3.05) is 0 Å². The van der Waals surface area contributed by atoms with Crippen molar-refractivity contribution in [3.8, 4) is 5.75 Å². The molecule has 2 aromatic rings. The number of hydrogen-bond acceptors (Lipinski definition) is 2. The summed E-state index contributed by atoms with van der Waals surface area (Å²) < 4.78 is 0. The normalized spacial score (nSPS) is 13.0. The molecule has 0 fully saturated rings. The van der Waals surface area contributed by atoms with Crippen LogP contribution in [0.2, 0.25) is 0 Å². The maximum absolute atomic E-state index is 10.4. The molecular weight excluding hydrogens is 295 g/mol. The highest BCUT2D eigenvalue weighted by Crippen LogP contribution is 2.42. The Hall–Kier alpha value is -0.980. The lowest BCUT2D eigenvalue weighted by molar-refractivity contribution is 0.462. The second kappa shape index (κ2) is 7.33.